The number of hydrogen-bond acceptors (Lipinski definition) is 3. The Bertz CT molecular complexity index is 64.3. The molecule has 2 N–H and O–H groups in total. The van der Waals surface area contributed by atoms with Crippen LogP contribution < -0.4 is 0 Å². The van der Waals surface area contributed by atoms with E-state index in [2.05, 4.69) is 4.74 Å². The topological polar surface area (TPSA) is 66.8 Å². The van der Waals surface area contributed by atoms with Gasteiger partial charge in [-0.05, 0) is 0 Å². The van der Waals surface area contributed by atoms with Gasteiger partial charge in [0.15, 0.2) is 0 Å². The molecular formula is C3H8CaO4. The normalized spacial score (nSPS) is 7.12. The van der Waals surface area contributed by atoms with Crippen LogP contribution in [0.4, 0.5) is 4.79 Å². The van der Waals surface area contributed by atoms with Gasteiger partial charge in [-0.1, -0.05) is 0 Å². The summed E-state index contributed by atoms with van der Waals surface area (Å²) in [6, 6.07) is 0. The van der Waals surface area contributed by atoms with E-state index in [0.717, 1.165) is 0 Å². The van der Waals surface area contributed by atoms with Gasteiger partial charge in [0.25, 0.3) is 0 Å². The molecule has 8 heavy (non-hydrogen) atoms. The van der Waals surface area contributed by atoms with Gasteiger partial charge in [-0.2, -0.15) is 0 Å². The molecular weight excluding hydrogens is 140 g/mol. The summed E-state index contributed by atoms with van der Waals surface area (Å²) in [6.45, 7) is -0.401. The summed E-state index contributed by atoms with van der Waals surface area (Å²) in [5.74, 6) is 0. The third-order valence-electron chi connectivity index (χ3n) is 0.317. The number of aliphatic hydroxyl groups excluding tert-OH is 1. The molecule has 46 valence electrons. The number of aliphatic hydroxyl groups is 1. The van der Waals surface area contributed by atoms with Crippen LogP contribution in [0, 0.1) is 0 Å². The molecule has 0 rings (SSSR count). The summed E-state index contributed by atoms with van der Waals surface area (Å²) in [7, 11) is 0. The van der Waals surface area contributed by atoms with E-state index in [4.69, 9.17) is 10.2 Å². The summed E-state index contributed by atoms with van der Waals surface area (Å²) in [4.78, 5) is 9.42. The van der Waals surface area contributed by atoms with Gasteiger partial charge >= 0.3 is 43.9 Å². The van der Waals surface area contributed by atoms with Crippen molar-refractivity contribution in [3.63, 3.8) is 0 Å². The molecule has 0 fully saturated rings. The SMILES string of the molecule is O=C(O)OCCO.[CaH2]. The summed E-state index contributed by atoms with van der Waals surface area (Å²) >= 11 is 0. The predicted molar refractivity (Wildman–Crippen MR) is 29.6 cm³/mol. The van der Waals surface area contributed by atoms with Crippen LogP contribution in [-0.4, -0.2) is 67.3 Å². The third kappa shape index (κ3) is 9.70. The summed E-state index contributed by atoms with van der Waals surface area (Å²) in [5, 5.41) is 15.6. The first-order valence-corrected chi connectivity index (χ1v) is 1.74. The first kappa shape index (κ1) is 11.3. The van der Waals surface area contributed by atoms with Gasteiger partial charge in [0, 0.05) is 0 Å². The van der Waals surface area contributed by atoms with Gasteiger partial charge in [-0.25, -0.2) is 4.79 Å². The molecule has 0 saturated carbocycles. The fourth-order valence-electron chi connectivity index (χ4n) is 0.133. The number of hydrogen-bond donors (Lipinski definition) is 2. The zero-order valence-corrected chi connectivity index (χ0v) is 3.63. The molecule has 0 amide bonds. The van der Waals surface area contributed by atoms with Crippen LogP contribution in [0.3, 0.4) is 0 Å². The van der Waals surface area contributed by atoms with Crippen LogP contribution in [-0.2, 0) is 4.74 Å². The van der Waals surface area contributed by atoms with Crippen molar-refractivity contribution in [2.75, 3.05) is 13.2 Å². The van der Waals surface area contributed by atoms with Crippen molar-refractivity contribution < 1.29 is 19.7 Å². The van der Waals surface area contributed by atoms with Gasteiger partial charge in [-0.3, -0.25) is 0 Å². The molecule has 5 heteroatoms. The summed E-state index contributed by atoms with van der Waals surface area (Å²) in [6.07, 6.45) is -1.35. The zero-order valence-electron chi connectivity index (χ0n) is 3.63. The van der Waals surface area contributed by atoms with E-state index in [9.17, 15) is 4.79 Å². The van der Waals surface area contributed by atoms with Crippen molar-refractivity contribution in [2.24, 2.45) is 0 Å². The van der Waals surface area contributed by atoms with E-state index in [-0.39, 0.29) is 51.0 Å². The van der Waals surface area contributed by atoms with Gasteiger partial charge in [0.1, 0.15) is 6.61 Å². The van der Waals surface area contributed by atoms with Crippen LogP contribution in [0.2, 0.25) is 0 Å². The van der Waals surface area contributed by atoms with E-state index in [0.29, 0.717) is 0 Å². The van der Waals surface area contributed by atoms with Gasteiger partial charge in [0.2, 0.25) is 0 Å². The Labute approximate surface area is 76.4 Å². The average Bonchev–Trinajstić information content (AvgIpc) is 1.61. The molecule has 0 aliphatic carbocycles. The minimum atomic E-state index is -1.35. The Morgan fingerprint density at radius 3 is 2.25 bits per heavy atom. The molecule has 0 bridgehead atoms. The van der Waals surface area contributed by atoms with E-state index >= 15 is 0 Å². The molecule has 0 unspecified atom stereocenters. The zero-order chi connectivity index (χ0) is 5.70. The van der Waals surface area contributed by atoms with Crippen molar-refractivity contribution in [1.29, 1.82) is 0 Å². The Morgan fingerprint density at radius 2 is 2.12 bits per heavy atom. The van der Waals surface area contributed by atoms with E-state index in [1.807, 2.05) is 0 Å². The van der Waals surface area contributed by atoms with Crippen molar-refractivity contribution in [1.82, 2.24) is 0 Å². The maximum atomic E-state index is 9.42. The monoisotopic (exact) mass is 148 g/mol. The van der Waals surface area contributed by atoms with Crippen molar-refractivity contribution in [2.45, 2.75) is 0 Å². The standard InChI is InChI=1S/C3H6O4.Ca.2H/c4-1-2-7-3(5)6;;;/h4H,1-2H2,(H,5,6);;;. The van der Waals surface area contributed by atoms with Gasteiger partial charge in [0.05, 0.1) is 6.61 Å². The van der Waals surface area contributed by atoms with E-state index in [1.165, 1.54) is 0 Å². The van der Waals surface area contributed by atoms with Gasteiger partial charge in [-0.15, -0.1) is 0 Å². The van der Waals surface area contributed by atoms with E-state index < -0.39 is 6.16 Å². The Morgan fingerprint density at radius 1 is 1.62 bits per heavy atom. The molecule has 0 spiro atoms. The quantitative estimate of drug-likeness (QED) is 0.379. The molecule has 0 atom stereocenters. The number of ether oxygens (including phenoxy) is 1. The second kappa shape index (κ2) is 7.49. The molecule has 0 aromatic rings. The van der Waals surface area contributed by atoms with Crippen LogP contribution in [0.25, 0.3) is 0 Å². The average molecular weight is 148 g/mol. The molecule has 0 heterocycles. The third-order valence-corrected chi connectivity index (χ3v) is 0.317. The second-order valence-corrected chi connectivity index (χ2v) is 0.838. The maximum absolute atomic E-state index is 9.42. The van der Waals surface area contributed by atoms with Crippen molar-refractivity contribution in [3.05, 3.63) is 0 Å². The molecule has 0 aromatic carbocycles. The first-order chi connectivity index (χ1) is 3.27. The summed E-state index contributed by atoms with van der Waals surface area (Å²) in [5.41, 5.74) is 0. The minimum absolute atomic E-state index is 0. The van der Waals surface area contributed by atoms with Crippen molar-refractivity contribution in [3.8, 4) is 0 Å². The molecule has 0 aliphatic rings. The molecule has 4 nitrogen and oxygen atoms in total. The first-order valence-electron chi connectivity index (χ1n) is 1.74. The van der Waals surface area contributed by atoms with Crippen molar-refractivity contribution >= 4 is 43.9 Å². The van der Waals surface area contributed by atoms with Crippen LogP contribution >= 0.6 is 0 Å². The molecule has 0 aliphatic heterocycles. The second-order valence-electron chi connectivity index (χ2n) is 0.838. The van der Waals surface area contributed by atoms with Crippen LogP contribution in [0.15, 0.2) is 0 Å². The number of carboxylic acid groups (broad SMARTS) is 1. The van der Waals surface area contributed by atoms with E-state index in [1.54, 1.807) is 0 Å². The Hall–Kier alpha value is 0.490. The predicted octanol–water partition coefficient (Wildman–Crippen LogP) is -1.24. The van der Waals surface area contributed by atoms with Crippen LogP contribution in [0.1, 0.15) is 0 Å². The Kier molecular flexibility index (Phi) is 10.6. The Balaban J connectivity index is 0. The molecule has 0 aromatic heterocycles. The number of carbonyl (C=O) groups is 1. The molecule has 0 saturated heterocycles. The number of rotatable bonds is 2. The van der Waals surface area contributed by atoms with Gasteiger partial charge < -0.3 is 14.9 Å². The summed E-state index contributed by atoms with van der Waals surface area (Å²) < 4.78 is 3.86. The fraction of sp³-hybridized carbons (Fsp3) is 0.667. The van der Waals surface area contributed by atoms with Crippen LogP contribution in [0.5, 0.6) is 0 Å². The molecule has 0 radical (unpaired) electrons. The fourth-order valence-corrected chi connectivity index (χ4v) is 0.133.